The SMILES string of the molecule is CC(C)=CCC/C(C)=C/CO.CCCCOCCCC. The van der Waals surface area contributed by atoms with Crippen molar-refractivity contribution in [3.8, 4) is 0 Å². The van der Waals surface area contributed by atoms with Gasteiger partial charge in [0.05, 0.1) is 6.61 Å². The third-order valence-corrected chi connectivity index (χ3v) is 2.82. The summed E-state index contributed by atoms with van der Waals surface area (Å²) in [5.74, 6) is 0. The van der Waals surface area contributed by atoms with E-state index in [-0.39, 0.29) is 6.61 Å². The van der Waals surface area contributed by atoms with Crippen LogP contribution in [0.5, 0.6) is 0 Å². The summed E-state index contributed by atoms with van der Waals surface area (Å²) in [6, 6.07) is 0. The van der Waals surface area contributed by atoms with Crippen molar-refractivity contribution in [2.45, 2.75) is 73.1 Å². The fraction of sp³-hybridized carbons (Fsp3) is 0.778. The van der Waals surface area contributed by atoms with E-state index in [0.717, 1.165) is 26.1 Å². The van der Waals surface area contributed by atoms with E-state index >= 15 is 0 Å². The van der Waals surface area contributed by atoms with Gasteiger partial charge in [-0.05, 0) is 46.5 Å². The Kier molecular flexibility index (Phi) is 20.0. The molecule has 0 aromatic carbocycles. The minimum absolute atomic E-state index is 0.167. The Labute approximate surface area is 126 Å². The Balaban J connectivity index is 0. The van der Waals surface area contributed by atoms with E-state index in [9.17, 15) is 0 Å². The van der Waals surface area contributed by atoms with Crippen LogP contribution < -0.4 is 0 Å². The van der Waals surface area contributed by atoms with Crippen LogP contribution >= 0.6 is 0 Å². The van der Waals surface area contributed by atoms with Gasteiger partial charge in [0.2, 0.25) is 0 Å². The smallest absolute Gasteiger partial charge is 0.0614 e. The second-order valence-electron chi connectivity index (χ2n) is 5.37. The first-order chi connectivity index (χ1) is 9.58. The minimum atomic E-state index is 0.167. The molecule has 0 aliphatic rings. The molecule has 1 N–H and O–H groups in total. The largest absolute Gasteiger partial charge is 0.392 e. The van der Waals surface area contributed by atoms with Gasteiger partial charge < -0.3 is 9.84 Å². The summed E-state index contributed by atoms with van der Waals surface area (Å²) in [5, 5.41) is 8.55. The molecule has 0 fully saturated rings. The van der Waals surface area contributed by atoms with Crippen molar-refractivity contribution in [2.75, 3.05) is 19.8 Å². The molecular weight excluding hydrogens is 248 g/mol. The molecular formula is C18H36O2. The van der Waals surface area contributed by atoms with Crippen LogP contribution in [0.1, 0.15) is 73.1 Å². The van der Waals surface area contributed by atoms with Gasteiger partial charge in [0.15, 0.2) is 0 Å². The van der Waals surface area contributed by atoms with Crippen LogP contribution in [0.3, 0.4) is 0 Å². The van der Waals surface area contributed by atoms with Crippen molar-refractivity contribution in [1.29, 1.82) is 0 Å². The molecule has 0 bridgehead atoms. The van der Waals surface area contributed by atoms with E-state index in [1.54, 1.807) is 0 Å². The average Bonchev–Trinajstić information content (AvgIpc) is 2.39. The molecule has 0 aliphatic carbocycles. The molecule has 0 amide bonds. The number of ether oxygens (including phenoxy) is 1. The van der Waals surface area contributed by atoms with Crippen molar-refractivity contribution in [3.05, 3.63) is 23.3 Å². The maximum Gasteiger partial charge on any atom is 0.0614 e. The van der Waals surface area contributed by atoms with Crippen LogP contribution in [-0.4, -0.2) is 24.9 Å². The lowest BCUT2D eigenvalue weighted by Crippen LogP contribution is -1.95. The molecule has 2 heteroatoms. The molecule has 0 heterocycles. The van der Waals surface area contributed by atoms with Crippen molar-refractivity contribution < 1.29 is 9.84 Å². The van der Waals surface area contributed by atoms with Crippen LogP contribution in [0.15, 0.2) is 23.3 Å². The average molecular weight is 284 g/mol. The molecule has 0 unspecified atom stereocenters. The topological polar surface area (TPSA) is 29.5 Å². The van der Waals surface area contributed by atoms with E-state index in [0.29, 0.717) is 0 Å². The first-order valence-corrected chi connectivity index (χ1v) is 8.06. The van der Waals surface area contributed by atoms with E-state index < -0.39 is 0 Å². The zero-order valence-electron chi connectivity index (χ0n) is 14.4. The lowest BCUT2D eigenvalue weighted by Gasteiger charge is -1.99. The Morgan fingerprint density at radius 3 is 1.90 bits per heavy atom. The van der Waals surface area contributed by atoms with Crippen LogP contribution in [0.2, 0.25) is 0 Å². The summed E-state index contributed by atoms with van der Waals surface area (Å²) in [5.41, 5.74) is 2.63. The normalized spacial score (nSPS) is 10.8. The molecule has 2 nitrogen and oxygen atoms in total. The molecule has 0 saturated heterocycles. The highest BCUT2D eigenvalue weighted by molar-refractivity contribution is 5.01. The number of rotatable bonds is 10. The Bertz CT molecular complexity index is 232. The van der Waals surface area contributed by atoms with E-state index in [1.165, 1.54) is 36.8 Å². The summed E-state index contributed by atoms with van der Waals surface area (Å²) in [7, 11) is 0. The summed E-state index contributed by atoms with van der Waals surface area (Å²) in [6.07, 6.45) is 11.1. The molecule has 0 spiro atoms. The molecule has 0 radical (unpaired) electrons. The lowest BCUT2D eigenvalue weighted by atomic mass is 10.1. The summed E-state index contributed by atoms with van der Waals surface area (Å²) >= 11 is 0. The number of hydrogen-bond donors (Lipinski definition) is 1. The number of aliphatic hydroxyl groups excluding tert-OH is 1. The Hall–Kier alpha value is -0.600. The second-order valence-corrected chi connectivity index (χ2v) is 5.37. The fourth-order valence-corrected chi connectivity index (χ4v) is 1.44. The van der Waals surface area contributed by atoms with Gasteiger partial charge in [-0.3, -0.25) is 0 Å². The zero-order chi connectivity index (χ0) is 15.6. The predicted molar refractivity (Wildman–Crippen MR) is 90.1 cm³/mol. The van der Waals surface area contributed by atoms with Crippen LogP contribution in [-0.2, 0) is 4.74 Å². The van der Waals surface area contributed by atoms with Gasteiger partial charge in [-0.2, -0.15) is 0 Å². The van der Waals surface area contributed by atoms with E-state index in [1.807, 2.05) is 6.08 Å². The van der Waals surface area contributed by atoms with Crippen LogP contribution in [0, 0.1) is 0 Å². The molecule has 0 atom stereocenters. The van der Waals surface area contributed by atoms with Crippen molar-refractivity contribution in [1.82, 2.24) is 0 Å². The van der Waals surface area contributed by atoms with E-state index in [2.05, 4.69) is 40.7 Å². The maximum absolute atomic E-state index is 8.55. The molecule has 0 aliphatic heterocycles. The Morgan fingerprint density at radius 1 is 0.950 bits per heavy atom. The van der Waals surface area contributed by atoms with Crippen molar-refractivity contribution >= 4 is 0 Å². The molecule has 120 valence electrons. The minimum Gasteiger partial charge on any atom is -0.392 e. The first kappa shape index (κ1) is 21.7. The van der Waals surface area contributed by atoms with Gasteiger partial charge in [-0.1, -0.05) is 50.0 Å². The van der Waals surface area contributed by atoms with Crippen molar-refractivity contribution in [2.24, 2.45) is 0 Å². The van der Waals surface area contributed by atoms with Gasteiger partial charge in [0.25, 0.3) is 0 Å². The van der Waals surface area contributed by atoms with Gasteiger partial charge in [-0.25, -0.2) is 0 Å². The molecule has 0 saturated carbocycles. The monoisotopic (exact) mass is 284 g/mol. The van der Waals surface area contributed by atoms with Gasteiger partial charge in [-0.15, -0.1) is 0 Å². The van der Waals surface area contributed by atoms with E-state index in [4.69, 9.17) is 9.84 Å². The number of aliphatic hydroxyl groups is 1. The van der Waals surface area contributed by atoms with Crippen LogP contribution in [0.4, 0.5) is 0 Å². The van der Waals surface area contributed by atoms with Gasteiger partial charge >= 0.3 is 0 Å². The summed E-state index contributed by atoms with van der Waals surface area (Å²) in [4.78, 5) is 0. The lowest BCUT2D eigenvalue weighted by molar-refractivity contribution is 0.128. The maximum atomic E-state index is 8.55. The predicted octanol–water partition coefficient (Wildman–Crippen LogP) is 5.27. The molecule has 0 aromatic rings. The second kappa shape index (κ2) is 18.4. The standard InChI is InChI=1S/C10H18O.C8H18O/c1-9(2)5-4-6-10(3)7-8-11;1-3-5-7-9-8-6-4-2/h5,7,11H,4,6,8H2,1-3H3;3-8H2,1-2H3/b10-7+;. The van der Waals surface area contributed by atoms with Crippen LogP contribution in [0.25, 0.3) is 0 Å². The third kappa shape index (κ3) is 22.6. The quantitative estimate of drug-likeness (QED) is 0.437. The molecule has 0 rings (SSSR count). The Morgan fingerprint density at radius 2 is 1.50 bits per heavy atom. The highest BCUT2D eigenvalue weighted by atomic mass is 16.5. The zero-order valence-corrected chi connectivity index (χ0v) is 14.4. The highest BCUT2D eigenvalue weighted by Gasteiger charge is 1.86. The van der Waals surface area contributed by atoms with Gasteiger partial charge in [0.1, 0.15) is 0 Å². The fourth-order valence-electron chi connectivity index (χ4n) is 1.44. The summed E-state index contributed by atoms with van der Waals surface area (Å²) in [6.45, 7) is 12.7. The summed E-state index contributed by atoms with van der Waals surface area (Å²) < 4.78 is 5.31. The molecule has 20 heavy (non-hydrogen) atoms. The number of unbranched alkanes of at least 4 members (excludes halogenated alkanes) is 2. The number of allylic oxidation sites excluding steroid dienone is 3. The third-order valence-electron chi connectivity index (χ3n) is 2.82. The van der Waals surface area contributed by atoms with Crippen molar-refractivity contribution in [3.63, 3.8) is 0 Å². The highest BCUT2D eigenvalue weighted by Crippen LogP contribution is 2.05. The molecule has 0 aromatic heterocycles. The first-order valence-electron chi connectivity index (χ1n) is 8.06. The number of hydrogen-bond acceptors (Lipinski definition) is 2. The van der Waals surface area contributed by atoms with Gasteiger partial charge in [0, 0.05) is 13.2 Å².